The summed E-state index contributed by atoms with van der Waals surface area (Å²) in [5.74, 6) is 0.307. The summed E-state index contributed by atoms with van der Waals surface area (Å²) in [6, 6.07) is 0.239. The Labute approximate surface area is 157 Å². The summed E-state index contributed by atoms with van der Waals surface area (Å²) in [7, 11) is 0. The van der Waals surface area contributed by atoms with Crippen LogP contribution in [0.4, 0.5) is 0 Å². The summed E-state index contributed by atoms with van der Waals surface area (Å²) in [5, 5.41) is 3.19. The highest BCUT2D eigenvalue weighted by molar-refractivity contribution is 5.82. The zero-order valence-corrected chi connectivity index (χ0v) is 16.5. The maximum absolute atomic E-state index is 13.0. The lowest BCUT2D eigenvalue weighted by molar-refractivity contribution is -0.141. The lowest BCUT2D eigenvalue weighted by Crippen LogP contribution is -2.59. The number of carbonyl (C=O) groups is 2. The van der Waals surface area contributed by atoms with Gasteiger partial charge >= 0.3 is 0 Å². The Bertz CT molecular complexity index is 508. The first-order chi connectivity index (χ1) is 12.4. The molecule has 148 valence electrons. The van der Waals surface area contributed by atoms with Gasteiger partial charge in [0.05, 0.1) is 12.0 Å². The summed E-state index contributed by atoms with van der Waals surface area (Å²) in [5.41, 5.74) is 6.04. The molecule has 3 aliphatic rings. The zero-order valence-electron chi connectivity index (χ0n) is 16.5. The SMILES string of the molecule is CC(C(=O)NC1CCCC1)N1CCN(C(=O)C2CCCCC2(C)N)CC1. The fraction of sp³-hybridized carbons (Fsp3) is 0.900. The highest BCUT2D eigenvalue weighted by Gasteiger charge is 2.40. The number of carbonyl (C=O) groups excluding carboxylic acids is 2. The molecule has 6 heteroatoms. The molecule has 2 amide bonds. The second-order valence-electron chi connectivity index (χ2n) is 8.83. The Hall–Kier alpha value is -1.14. The van der Waals surface area contributed by atoms with Gasteiger partial charge in [0, 0.05) is 37.8 Å². The molecule has 3 atom stereocenters. The molecule has 0 radical (unpaired) electrons. The largest absolute Gasteiger partial charge is 0.352 e. The van der Waals surface area contributed by atoms with Gasteiger partial charge in [-0.25, -0.2) is 0 Å². The standard InChI is InChI=1S/C20H36N4O2/c1-15(18(25)22-16-7-3-4-8-16)23-11-13-24(14-12-23)19(26)17-9-5-6-10-20(17,2)21/h15-17H,3-14,21H2,1-2H3,(H,22,25). The first-order valence-electron chi connectivity index (χ1n) is 10.5. The predicted molar refractivity (Wildman–Crippen MR) is 103 cm³/mol. The quantitative estimate of drug-likeness (QED) is 0.792. The van der Waals surface area contributed by atoms with Crippen LogP contribution in [0, 0.1) is 5.92 Å². The second kappa shape index (κ2) is 8.26. The molecule has 0 aromatic heterocycles. The highest BCUT2D eigenvalue weighted by atomic mass is 16.2. The first kappa shape index (κ1) is 19.6. The van der Waals surface area contributed by atoms with Gasteiger partial charge in [0.25, 0.3) is 0 Å². The number of piperazine rings is 1. The Kier molecular flexibility index (Phi) is 6.23. The Morgan fingerprint density at radius 2 is 1.65 bits per heavy atom. The van der Waals surface area contributed by atoms with Crippen LogP contribution >= 0.6 is 0 Å². The zero-order chi connectivity index (χ0) is 18.7. The molecule has 3 fully saturated rings. The number of hydrogen-bond donors (Lipinski definition) is 2. The highest BCUT2D eigenvalue weighted by Crippen LogP contribution is 2.33. The van der Waals surface area contributed by atoms with E-state index in [0.29, 0.717) is 19.1 Å². The molecule has 3 unspecified atom stereocenters. The van der Waals surface area contributed by atoms with Crippen LogP contribution in [0.25, 0.3) is 0 Å². The Morgan fingerprint density at radius 3 is 2.27 bits per heavy atom. The van der Waals surface area contributed by atoms with Crippen LogP contribution in [0.5, 0.6) is 0 Å². The van der Waals surface area contributed by atoms with Gasteiger partial charge in [-0.15, -0.1) is 0 Å². The molecule has 3 rings (SSSR count). The van der Waals surface area contributed by atoms with Crippen LogP contribution in [0.15, 0.2) is 0 Å². The normalized spacial score (nSPS) is 32.4. The third kappa shape index (κ3) is 4.39. The molecular weight excluding hydrogens is 328 g/mol. The van der Waals surface area contributed by atoms with Gasteiger partial charge in [0.1, 0.15) is 0 Å². The summed E-state index contributed by atoms with van der Waals surface area (Å²) in [4.78, 5) is 29.6. The van der Waals surface area contributed by atoms with E-state index in [1.165, 1.54) is 12.8 Å². The van der Waals surface area contributed by atoms with Crippen molar-refractivity contribution in [2.24, 2.45) is 11.7 Å². The van der Waals surface area contributed by atoms with E-state index in [1.807, 2.05) is 18.7 Å². The summed E-state index contributed by atoms with van der Waals surface area (Å²) < 4.78 is 0. The topological polar surface area (TPSA) is 78.7 Å². The summed E-state index contributed by atoms with van der Waals surface area (Å²) in [6.07, 6.45) is 8.73. The number of nitrogens with zero attached hydrogens (tertiary/aromatic N) is 2. The average Bonchev–Trinajstić information content (AvgIpc) is 3.13. The lowest BCUT2D eigenvalue weighted by Gasteiger charge is -2.43. The minimum Gasteiger partial charge on any atom is -0.352 e. The molecular formula is C20H36N4O2. The van der Waals surface area contributed by atoms with Crippen molar-refractivity contribution in [3.05, 3.63) is 0 Å². The van der Waals surface area contributed by atoms with Gasteiger partial charge < -0.3 is 16.0 Å². The van der Waals surface area contributed by atoms with Crippen LogP contribution in [0.2, 0.25) is 0 Å². The maximum Gasteiger partial charge on any atom is 0.237 e. The summed E-state index contributed by atoms with van der Waals surface area (Å²) >= 11 is 0. The van der Waals surface area contributed by atoms with Gasteiger partial charge in [-0.05, 0) is 39.5 Å². The van der Waals surface area contributed by atoms with E-state index in [9.17, 15) is 9.59 Å². The number of hydrogen-bond acceptors (Lipinski definition) is 4. The Balaban J connectivity index is 1.48. The van der Waals surface area contributed by atoms with E-state index in [0.717, 1.165) is 51.6 Å². The second-order valence-corrected chi connectivity index (χ2v) is 8.83. The van der Waals surface area contributed by atoms with E-state index in [-0.39, 0.29) is 29.3 Å². The van der Waals surface area contributed by atoms with Gasteiger partial charge in [0.2, 0.25) is 11.8 Å². The van der Waals surface area contributed by atoms with Crippen molar-refractivity contribution in [1.82, 2.24) is 15.1 Å². The van der Waals surface area contributed by atoms with Gasteiger partial charge in [-0.3, -0.25) is 14.5 Å². The van der Waals surface area contributed by atoms with Crippen LogP contribution in [-0.2, 0) is 9.59 Å². The minimum absolute atomic E-state index is 0.0501. The van der Waals surface area contributed by atoms with E-state index < -0.39 is 0 Å². The van der Waals surface area contributed by atoms with Crippen molar-refractivity contribution in [3.8, 4) is 0 Å². The molecule has 0 aromatic carbocycles. The van der Waals surface area contributed by atoms with E-state index in [4.69, 9.17) is 5.73 Å². The molecule has 2 aliphatic carbocycles. The summed E-state index contributed by atoms with van der Waals surface area (Å²) in [6.45, 7) is 6.94. The number of amides is 2. The van der Waals surface area contributed by atoms with Crippen molar-refractivity contribution >= 4 is 11.8 Å². The van der Waals surface area contributed by atoms with Crippen LogP contribution < -0.4 is 11.1 Å². The monoisotopic (exact) mass is 364 g/mol. The molecule has 0 bridgehead atoms. The van der Waals surface area contributed by atoms with Crippen molar-refractivity contribution in [1.29, 1.82) is 0 Å². The van der Waals surface area contributed by atoms with Crippen LogP contribution in [0.3, 0.4) is 0 Å². The predicted octanol–water partition coefficient (Wildman–Crippen LogP) is 1.49. The fourth-order valence-electron chi connectivity index (χ4n) is 4.87. The van der Waals surface area contributed by atoms with Gasteiger partial charge in [-0.2, -0.15) is 0 Å². The third-order valence-corrected chi connectivity index (χ3v) is 6.81. The van der Waals surface area contributed by atoms with Crippen molar-refractivity contribution < 1.29 is 9.59 Å². The fourth-order valence-corrected chi connectivity index (χ4v) is 4.87. The number of rotatable bonds is 4. The van der Waals surface area contributed by atoms with E-state index >= 15 is 0 Å². The molecule has 1 aliphatic heterocycles. The molecule has 3 N–H and O–H groups in total. The van der Waals surface area contributed by atoms with Crippen molar-refractivity contribution in [2.45, 2.75) is 82.8 Å². The maximum atomic E-state index is 13.0. The molecule has 1 heterocycles. The molecule has 26 heavy (non-hydrogen) atoms. The molecule has 0 spiro atoms. The molecule has 1 saturated heterocycles. The van der Waals surface area contributed by atoms with E-state index in [2.05, 4.69) is 10.2 Å². The van der Waals surface area contributed by atoms with Crippen molar-refractivity contribution in [2.75, 3.05) is 26.2 Å². The number of nitrogens with two attached hydrogens (primary N) is 1. The third-order valence-electron chi connectivity index (χ3n) is 6.81. The van der Waals surface area contributed by atoms with Gasteiger partial charge in [-0.1, -0.05) is 25.7 Å². The molecule has 2 saturated carbocycles. The first-order valence-corrected chi connectivity index (χ1v) is 10.5. The molecule has 6 nitrogen and oxygen atoms in total. The average molecular weight is 365 g/mol. The molecule has 0 aromatic rings. The Morgan fingerprint density at radius 1 is 1.04 bits per heavy atom. The van der Waals surface area contributed by atoms with E-state index in [1.54, 1.807) is 0 Å². The minimum atomic E-state index is -0.374. The van der Waals surface area contributed by atoms with Crippen LogP contribution in [-0.4, -0.2) is 65.4 Å². The van der Waals surface area contributed by atoms with Crippen LogP contribution in [0.1, 0.15) is 65.2 Å². The smallest absolute Gasteiger partial charge is 0.237 e. The van der Waals surface area contributed by atoms with Gasteiger partial charge in [0.15, 0.2) is 0 Å². The van der Waals surface area contributed by atoms with Crippen molar-refractivity contribution in [3.63, 3.8) is 0 Å². The lowest BCUT2D eigenvalue weighted by atomic mass is 9.74. The number of nitrogens with one attached hydrogen (secondary N) is 1.